The minimum atomic E-state index is -0.500. The monoisotopic (exact) mass is 257 g/mol. The Morgan fingerprint density at radius 3 is 2.88 bits per heavy atom. The predicted octanol–water partition coefficient (Wildman–Crippen LogP) is 1.80. The molecule has 0 radical (unpaired) electrons. The van der Waals surface area contributed by atoms with Crippen LogP contribution in [0.5, 0.6) is 11.5 Å². The summed E-state index contributed by atoms with van der Waals surface area (Å²) >= 11 is 6.17. The number of halogens is 1. The van der Waals surface area contributed by atoms with E-state index in [2.05, 4.69) is 0 Å². The van der Waals surface area contributed by atoms with E-state index < -0.39 is 6.04 Å². The summed E-state index contributed by atoms with van der Waals surface area (Å²) in [5.74, 6) is 1.34. The average molecular weight is 258 g/mol. The quantitative estimate of drug-likeness (QED) is 0.848. The van der Waals surface area contributed by atoms with Crippen molar-refractivity contribution in [3.63, 3.8) is 0 Å². The Hall–Kier alpha value is -0.970. The number of ether oxygens (including phenoxy) is 2. The van der Waals surface area contributed by atoms with Crippen LogP contribution >= 0.6 is 11.6 Å². The second-order valence-electron chi connectivity index (χ2n) is 4.06. The largest absolute Gasteiger partial charge is 0.489 e. The third-order valence-electron chi connectivity index (χ3n) is 2.84. The highest BCUT2D eigenvalue weighted by atomic mass is 35.5. The lowest BCUT2D eigenvalue weighted by molar-refractivity contribution is 0.267. The van der Waals surface area contributed by atoms with Gasteiger partial charge >= 0.3 is 0 Å². The van der Waals surface area contributed by atoms with Gasteiger partial charge < -0.3 is 20.3 Å². The lowest BCUT2D eigenvalue weighted by Crippen LogP contribution is -2.17. The average Bonchev–Trinajstić information content (AvgIpc) is 2.54. The summed E-state index contributed by atoms with van der Waals surface area (Å²) in [6.45, 7) is 2.96. The van der Waals surface area contributed by atoms with E-state index in [0.717, 1.165) is 17.5 Å². The van der Waals surface area contributed by atoms with Gasteiger partial charge in [-0.3, -0.25) is 0 Å². The van der Waals surface area contributed by atoms with Crippen LogP contribution in [0.15, 0.2) is 6.07 Å². The Morgan fingerprint density at radius 1 is 1.47 bits per heavy atom. The smallest absolute Gasteiger partial charge is 0.164 e. The van der Waals surface area contributed by atoms with Crippen LogP contribution < -0.4 is 15.2 Å². The highest BCUT2D eigenvalue weighted by Gasteiger charge is 2.21. The minimum Gasteiger partial charge on any atom is -0.489 e. The number of aliphatic hydroxyl groups is 1. The first-order chi connectivity index (χ1) is 8.15. The summed E-state index contributed by atoms with van der Waals surface area (Å²) in [7, 11) is 0. The molecule has 0 aromatic heterocycles. The summed E-state index contributed by atoms with van der Waals surface area (Å²) in [6.07, 6.45) is 0.840. The van der Waals surface area contributed by atoms with E-state index in [0.29, 0.717) is 29.7 Å². The molecule has 5 heteroatoms. The zero-order chi connectivity index (χ0) is 12.4. The Bertz CT molecular complexity index is 423. The molecule has 94 valence electrons. The Labute approximate surface area is 105 Å². The Morgan fingerprint density at radius 2 is 2.18 bits per heavy atom. The maximum Gasteiger partial charge on any atom is 0.164 e. The number of aliphatic hydroxyl groups excluding tert-OH is 1. The minimum absolute atomic E-state index is 0.153. The van der Waals surface area contributed by atoms with Crippen molar-refractivity contribution in [1.82, 2.24) is 0 Å². The highest BCUT2D eigenvalue weighted by molar-refractivity contribution is 6.31. The van der Waals surface area contributed by atoms with Crippen LogP contribution in [0.25, 0.3) is 0 Å². The van der Waals surface area contributed by atoms with E-state index in [9.17, 15) is 0 Å². The zero-order valence-electron chi connectivity index (χ0n) is 9.70. The molecular formula is C12H16ClNO3. The molecule has 0 amide bonds. The summed E-state index contributed by atoms with van der Waals surface area (Å²) < 4.78 is 11.2. The van der Waals surface area contributed by atoms with Gasteiger partial charge in [-0.15, -0.1) is 0 Å². The molecule has 1 unspecified atom stereocenters. The SMILES string of the molecule is Cc1c2c(cc(Cl)c1C(N)CO)OCCCO2. The van der Waals surface area contributed by atoms with Gasteiger partial charge in [-0.1, -0.05) is 11.6 Å². The Kier molecular flexibility index (Phi) is 3.76. The van der Waals surface area contributed by atoms with Crippen LogP contribution in [-0.4, -0.2) is 24.9 Å². The summed E-state index contributed by atoms with van der Waals surface area (Å²) in [5.41, 5.74) is 7.40. The van der Waals surface area contributed by atoms with Crippen LogP contribution in [0, 0.1) is 6.92 Å². The predicted molar refractivity (Wildman–Crippen MR) is 65.8 cm³/mol. The molecule has 1 aromatic rings. The molecule has 1 aliphatic rings. The van der Waals surface area contributed by atoms with Crippen molar-refractivity contribution in [2.75, 3.05) is 19.8 Å². The summed E-state index contributed by atoms with van der Waals surface area (Å²) in [4.78, 5) is 0. The standard InChI is InChI=1S/C12H16ClNO3/c1-7-11(9(14)6-15)8(13)5-10-12(7)17-4-2-3-16-10/h5,9,15H,2-4,6,14H2,1H3. The van der Waals surface area contributed by atoms with Gasteiger partial charge in [-0.2, -0.15) is 0 Å². The van der Waals surface area contributed by atoms with Crippen molar-refractivity contribution >= 4 is 11.6 Å². The number of hydrogen-bond acceptors (Lipinski definition) is 4. The van der Waals surface area contributed by atoms with E-state index in [4.69, 9.17) is 31.9 Å². The van der Waals surface area contributed by atoms with Gasteiger partial charge in [0, 0.05) is 23.1 Å². The van der Waals surface area contributed by atoms with E-state index in [1.165, 1.54) is 0 Å². The number of benzene rings is 1. The molecule has 0 spiro atoms. The summed E-state index contributed by atoms with van der Waals surface area (Å²) in [6, 6.07) is 1.21. The molecule has 17 heavy (non-hydrogen) atoms. The van der Waals surface area contributed by atoms with E-state index in [1.807, 2.05) is 6.92 Å². The fourth-order valence-electron chi connectivity index (χ4n) is 1.99. The molecule has 0 saturated heterocycles. The fourth-order valence-corrected chi connectivity index (χ4v) is 2.37. The third-order valence-corrected chi connectivity index (χ3v) is 3.16. The molecule has 1 heterocycles. The van der Waals surface area contributed by atoms with Crippen LogP contribution in [0.3, 0.4) is 0 Å². The molecular weight excluding hydrogens is 242 g/mol. The molecule has 1 aromatic carbocycles. The maximum atomic E-state index is 9.14. The molecule has 2 rings (SSSR count). The fraction of sp³-hybridized carbons (Fsp3) is 0.500. The van der Waals surface area contributed by atoms with Crippen LogP contribution in [0.1, 0.15) is 23.6 Å². The summed E-state index contributed by atoms with van der Waals surface area (Å²) in [5, 5.41) is 9.65. The zero-order valence-corrected chi connectivity index (χ0v) is 10.5. The number of rotatable bonds is 2. The van der Waals surface area contributed by atoms with Gasteiger partial charge in [0.05, 0.1) is 25.9 Å². The van der Waals surface area contributed by atoms with E-state index in [1.54, 1.807) is 6.07 Å². The molecule has 0 aliphatic carbocycles. The number of fused-ring (bicyclic) bond motifs is 1. The van der Waals surface area contributed by atoms with Gasteiger partial charge in [0.1, 0.15) is 0 Å². The van der Waals surface area contributed by atoms with Gasteiger partial charge in [0.2, 0.25) is 0 Å². The molecule has 3 N–H and O–H groups in total. The van der Waals surface area contributed by atoms with Crippen molar-refractivity contribution < 1.29 is 14.6 Å². The first kappa shape index (κ1) is 12.5. The number of hydrogen-bond donors (Lipinski definition) is 2. The first-order valence-electron chi connectivity index (χ1n) is 5.60. The second-order valence-corrected chi connectivity index (χ2v) is 4.47. The van der Waals surface area contributed by atoms with Gasteiger partial charge in [-0.25, -0.2) is 0 Å². The lowest BCUT2D eigenvalue weighted by atomic mass is 10.0. The van der Waals surface area contributed by atoms with Crippen LogP contribution in [0.2, 0.25) is 5.02 Å². The van der Waals surface area contributed by atoms with Gasteiger partial charge in [0.25, 0.3) is 0 Å². The lowest BCUT2D eigenvalue weighted by Gasteiger charge is -2.19. The normalized spacial score (nSPS) is 16.5. The first-order valence-corrected chi connectivity index (χ1v) is 5.98. The van der Waals surface area contributed by atoms with Crippen molar-refractivity contribution in [1.29, 1.82) is 0 Å². The third kappa shape index (κ3) is 2.34. The van der Waals surface area contributed by atoms with Crippen molar-refractivity contribution in [3.05, 3.63) is 22.2 Å². The van der Waals surface area contributed by atoms with E-state index >= 15 is 0 Å². The Balaban J connectivity index is 2.52. The second kappa shape index (κ2) is 5.12. The molecule has 4 nitrogen and oxygen atoms in total. The molecule has 0 bridgehead atoms. The maximum absolute atomic E-state index is 9.14. The molecule has 0 saturated carbocycles. The van der Waals surface area contributed by atoms with Crippen molar-refractivity contribution in [2.24, 2.45) is 5.73 Å². The van der Waals surface area contributed by atoms with Crippen molar-refractivity contribution in [2.45, 2.75) is 19.4 Å². The topological polar surface area (TPSA) is 64.7 Å². The highest BCUT2D eigenvalue weighted by Crippen LogP contribution is 2.40. The van der Waals surface area contributed by atoms with Crippen LogP contribution in [-0.2, 0) is 0 Å². The van der Waals surface area contributed by atoms with Gasteiger partial charge in [-0.05, 0) is 12.5 Å². The molecule has 1 atom stereocenters. The van der Waals surface area contributed by atoms with E-state index in [-0.39, 0.29) is 6.61 Å². The van der Waals surface area contributed by atoms with Crippen LogP contribution in [0.4, 0.5) is 0 Å². The van der Waals surface area contributed by atoms with Gasteiger partial charge in [0.15, 0.2) is 11.5 Å². The molecule has 1 aliphatic heterocycles. The van der Waals surface area contributed by atoms with Crippen molar-refractivity contribution in [3.8, 4) is 11.5 Å². The molecule has 0 fully saturated rings. The number of nitrogens with two attached hydrogens (primary N) is 1.